The second-order valence-electron chi connectivity index (χ2n) is 21.9. The monoisotopic (exact) mass is 1120 g/mol. The van der Waals surface area contributed by atoms with Gasteiger partial charge in [0.15, 0.2) is 6.10 Å². The van der Waals surface area contributed by atoms with E-state index < -0.39 is 57.8 Å². The highest BCUT2D eigenvalue weighted by Gasteiger charge is 2.28. The number of phosphoric acid groups is 1. The number of rotatable bonds is 61. The van der Waals surface area contributed by atoms with Gasteiger partial charge in [0.05, 0.1) is 19.8 Å². The Morgan fingerprint density at radius 3 is 0.974 bits per heavy atom. The third-order valence-corrected chi connectivity index (χ3v) is 15.2. The molecule has 0 aliphatic carbocycles. The lowest BCUT2D eigenvalue weighted by molar-refractivity contribution is -0.161. The molecule has 0 aromatic rings. The zero-order valence-electron chi connectivity index (χ0n) is 50.6. The quantitative estimate of drug-likeness (QED) is 0.0197. The zero-order chi connectivity index (χ0) is 56.9. The molecule has 456 valence electrons. The molecule has 0 aliphatic rings. The van der Waals surface area contributed by atoms with Crippen molar-refractivity contribution in [2.45, 2.75) is 328 Å². The summed E-state index contributed by atoms with van der Waals surface area (Å²) in [5.41, 5.74) is 0. The summed E-state index contributed by atoms with van der Waals surface area (Å²) in [6.45, 7) is 4.64. The van der Waals surface area contributed by atoms with Crippen molar-refractivity contribution in [1.29, 1.82) is 0 Å². The standard InChI is InChI=1S/C66H121O11P/c1-4-7-10-13-16-19-22-25-28-30-31-33-36-39-42-45-48-51-54-57-66(70)77-63(59-73-64(68)55-52-49-46-43-40-37-34-27-24-21-18-15-12-9-6-3)61-75-78(71,72)74-60-62(58-67)76-65(69)56-53-50-47-44-41-38-35-32-29-26-23-20-17-14-11-8-5-2/h16,18-19,21,25,27-28,34,62-63,67H,4-15,17,20,22-24,26,29-33,35-61H2,1-3H3,(H,71,72)/b19-16-,21-18-,28-25-,34-27-. The second-order valence-corrected chi connectivity index (χ2v) is 23.4. The molecule has 0 saturated heterocycles. The summed E-state index contributed by atoms with van der Waals surface area (Å²) in [4.78, 5) is 48.7. The van der Waals surface area contributed by atoms with E-state index in [0.29, 0.717) is 19.3 Å². The summed E-state index contributed by atoms with van der Waals surface area (Å²) < 4.78 is 39.7. The van der Waals surface area contributed by atoms with Gasteiger partial charge in [0.2, 0.25) is 0 Å². The molecule has 2 N–H and O–H groups in total. The van der Waals surface area contributed by atoms with Gasteiger partial charge in [0.1, 0.15) is 12.7 Å². The first-order valence-electron chi connectivity index (χ1n) is 32.5. The van der Waals surface area contributed by atoms with E-state index in [-0.39, 0.29) is 25.9 Å². The van der Waals surface area contributed by atoms with Crippen LogP contribution in [0.3, 0.4) is 0 Å². The summed E-state index contributed by atoms with van der Waals surface area (Å²) in [7, 11) is -4.75. The summed E-state index contributed by atoms with van der Waals surface area (Å²) in [5.74, 6) is -1.46. The second kappa shape index (κ2) is 60.5. The van der Waals surface area contributed by atoms with Crippen LogP contribution in [0.5, 0.6) is 0 Å². The van der Waals surface area contributed by atoms with Gasteiger partial charge in [-0.05, 0) is 83.5 Å². The van der Waals surface area contributed by atoms with Gasteiger partial charge in [-0.2, -0.15) is 0 Å². The molecule has 0 fully saturated rings. The molecule has 3 unspecified atom stereocenters. The maximum atomic E-state index is 13.0. The number of hydrogen-bond donors (Lipinski definition) is 2. The van der Waals surface area contributed by atoms with Crippen LogP contribution in [-0.2, 0) is 42.2 Å². The van der Waals surface area contributed by atoms with Gasteiger partial charge in [0, 0.05) is 19.3 Å². The first-order valence-corrected chi connectivity index (χ1v) is 34.0. The molecule has 0 radical (unpaired) electrons. The van der Waals surface area contributed by atoms with E-state index in [4.69, 9.17) is 23.3 Å². The molecule has 0 amide bonds. The molecule has 0 aromatic carbocycles. The minimum absolute atomic E-state index is 0.162. The number of carbonyl (C=O) groups excluding carboxylic acids is 3. The van der Waals surface area contributed by atoms with Crippen LogP contribution in [-0.4, -0.2) is 66.5 Å². The minimum Gasteiger partial charge on any atom is -0.462 e. The van der Waals surface area contributed by atoms with Gasteiger partial charge in [-0.3, -0.25) is 23.4 Å². The molecule has 0 aliphatic heterocycles. The van der Waals surface area contributed by atoms with Gasteiger partial charge in [0.25, 0.3) is 0 Å². The average molecular weight is 1120 g/mol. The van der Waals surface area contributed by atoms with Gasteiger partial charge in [-0.25, -0.2) is 4.57 Å². The first kappa shape index (κ1) is 75.4. The van der Waals surface area contributed by atoms with Crippen molar-refractivity contribution in [2.75, 3.05) is 26.4 Å². The first-order chi connectivity index (χ1) is 38.2. The summed E-state index contributed by atoms with van der Waals surface area (Å²) in [6.07, 6.45) is 66.3. The molecule has 0 rings (SSSR count). The van der Waals surface area contributed by atoms with E-state index in [0.717, 1.165) is 96.3 Å². The Morgan fingerprint density at radius 1 is 0.359 bits per heavy atom. The fourth-order valence-electron chi connectivity index (χ4n) is 9.24. The molecular formula is C66H121O11P. The topological polar surface area (TPSA) is 155 Å². The van der Waals surface area contributed by atoms with Crippen LogP contribution in [0.25, 0.3) is 0 Å². The van der Waals surface area contributed by atoms with Crippen LogP contribution in [0.1, 0.15) is 316 Å². The van der Waals surface area contributed by atoms with E-state index in [1.165, 1.54) is 161 Å². The largest absolute Gasteiger partial charge is 0.472 e. The number of ether oxygens (including phenoxy) is 3. The zero-order valence-corrected chi connectivity index (χ0v) is 51.5. The third-order valence-electron chi connectivity index (χ3n) is 14.2. The molecule has 12 heteroatoms. The highest BCUT2D eigenvalue weighted by Crippen LogP contribution is 2.43. The molecule has 0 aromatic heterocycles. The molecule has 0 bridgehead atoms. The Hall–Kier alpha value is -2.56. The average Bonchev–Trinajstić information content (AvgIpc) is 3.43. The Bertz CT molecular complexity index is 1490. The molecule has 3 atom stereocenters. The van der Waals surface area contributed by atoms with Gasteiger partial charge >= 0.3 is 25.7 Å². The van der Waals surface area contributed by atoms with E-state index in [1.807, 2.05) is 0 Å². The molecule has 0 saturated carbocycles. The maximum Gasteiger partial charge on any atom is 0.472 e. The summed E-state index contributed by atoms with van der Waals surface area (Å²) >= 11 is 0. The highest BCUT2D eigenvalue weighted by atomic mass is 31.2. The number of carbonyl (C=O) groups is 3. The number of hydrogen-bond acceptors (Lipinski definition) is 10. The van der Waals surface area contributed by atoms with Crippen LogP contribution in [0.4, 0.5) is 0 Å². The SMILES string of the molecule is CCCCC/C=C\C/C=C\CCCCCCCCCCCC(=O)OC(COC(=O)CCCCCCC/C=C\C/C=C\CCCCC)COP(=O)(O)OCC(CO)OC(=O)CCCCCCCCCCCCCCCCCCC. The number of allylic oxidation sites excluding steroid dienone is 8. The lowest BCUT2D eigenvalue weighted by Crippen LogP contribution is -2.30. The van der Waals surface area contributed by atoms with Gasteiger partial charge in [-0.15, -0.1) is 0 Å². The predicted molar refractivity (Wildman–Crippen MR) is 325 cm³/mol. The normalized spacial score (nSPS) is 13.6. The number of unbranched alkanes of at least 4 members (excludes halogenated alkanes) is 36. The van der Waals surface area contributed by atoms with Crippen LogP contribution >= 0.6 is 7.82 Å². The highest BCUT2D eigenvalue weighted by molar-refractivity contribution is 7.47. The van der Waals surface area contributed by atoms with Crippen LogP contribution in [0.2, 0.25) is 0 Å². The molecular weight excluding hydrogens is 1000 g/mol. The van der Waals surface area contributed by atoms with Crippen LogP contribution in [0, 0.1) is 0 Å². The number of aliphatic hydroxyl groups is 1. The van der Waals surface area contributed by atoms with Crippen molar-refractivity contribution in [1.82, 2.24) is 0 Å². The lowest BCUT2D eigenvalue weighted by Gasteiger charge is -2.21. The van der Waals surface area contributed by atoms with Gasteiger partial charge < -0.3 is 24.2 Å². The van der Waals surface area contributed by atoms with E-state index in [2.05, 4.69) is 69.4 Å². The van der Waals surface area contributed by atoms with Crippen molar-refractivity contribution in [2.24, 2.45) is 0 Å². The Kier molecular flexibility index (Phi) is 58.5. The Morgan fingerprint density at radius 2 is 0.628 bits per heavy atom. The van der Waals surface area contributed by atoms with E-state index in [9.17, 15) is 28.9 Å². The fourth-order valence-corrected chi connectivity index (χ4v) is 10.0. The predicted octanol–water partition coefficient (Wildman–Crippen LogP) is 19.7. The summed E-state index contributed by atoms with van der Waals surface area (Å²) in [6, 6.07) is 0. The number of esters is 3. The lowest BCUT2D eigenvalue weighted by atomic mass is 10.0. The van der Waals surface area contributed by atoms with Crippen molar-refractivity contribution < 1.29 is 52.2 Å². The molecule has 11 nitrogen and oxygen atoms in total. The van der Waals surface area contributed by atoms with Crippen molar-refractivity contribution in [3.05, 3.63) is 48.6 Å². The Balaban J connectivity index is 4.67. The van der Waals surface area contributed by atoms with E-state index in [1.54, 1.807) is 0 Å². The smallest absolute Gasteiger partial charge is 0.462 e. The third kappa shape index (κ3) is 58.1. The Labute approximate surface area is 479 Å². The van der Waals surface area contributed by atoms with Gasteiger partial charge in [-0.1, -0.05) is 262 Å². The van der Waals surface area contributed by atoms with Crippen molar-refractivity contribution in [3.63, 3.8) is 0 Å². The molecule has 78 heavy (non-hydrogen) atoms. The number of phosphoric ester groups is 1. The fraction of sp³-hybridized carbons (Fsp3) is 0.833. The maximum absolute atomic E-state index is 13.0. The number of aliphatic hydroxyl groups excluding tert-OH is 1. The van der Waals surface area contributed by atoms with Crippen molar-refractivity contribution >= 4 is 25.7 Å². The molecule has 0 spiro atoms. The van der Waals surface area contributed by atoms with E-state index >= 15 is 0 Å². The summed E-state index contributed by atoms with van der Waals surface area (Å²) in [5, 5.41) is 9.86. The van der Waals surface area contributed by atoms with Crippen molar-refractivity contribution in [3.8, 4) is 0 Å². The molecule has 0 heterocycles. The van der Waals surface area contributed by atoms with Crippen LogP contribution in [0.15, 0.2) is 48.6 Å². The minimum atomic E-state index is -4.75. The van der Waals surface area contributed by atoms with Crippen LogP contribution < -0.4 is 0 Å².